The molecule has 2 rings (SSSR count). The molecule has 2 fully saturated rings. The van der Waals surface area contributed by atoms with Crippen LogP contribution >= 0.6 is 0 Å². The Morgan fingerprint density at radius 1 is 1.38 bits per heavy atom. The number of carbonyl (C=O) groups is 1. The summed E-state index contributed by atoms with van der Waals surface area (Å²) in [4.78, 5) is 14.8. The highest BCUT2D eigenvalue weighted by Crippen LogP contribution is 2.33. The zero-order valence-corrected chi connectivity index (χ0v) is 14.5. The van der Waals surface area contributed by atoms with Gasteiger partial charge in [0.2, 0.25) is 5.91 Å². The van der Waals surface area contributed by atoms with Crippen LogP contribution in [0.1, 0.15) is 52.4 Å². The Balaban J connectivity index is 2.03. The molecule has 0 bridgehead atoms. The summed E-state index contributed by atoms with van der Waals surface area (Å²) in [6.45, 7) is 5.05. The molecule has 4 nitrogen and oxygen atoms in total. The minimum Gasteiger partial charge on any atom is -0.325 e. The molecule has 1 saturated heterocycles. The van der Waals surface area contributed by atoms with Gasteiger partial charge < -0.3 is 4.90 Å². The van der Waals surface area contributed by atoms with Crippen LogP contribution in [0.15, 0.2) is 0 Å². The van der Waals surface area contributed by atoms with Crippen molar-refractivity contribution < 1.29 is 9.00 Å². The lowest BCUT2D eigenvalue weighted by Gasteiger charge is -2.29. The highest BCUT2D eigenvalue weighted by atomic mass is 32.2. The Labute approximate surface area is 131 Å². The molecule has 4 unspecified atom stereocenters. The lowest BCUT2D eigenvalue weighted by Crippen LogP contribution is -2.43. The molecule has 2 aliphatic rings. The van der Waals surface area contributed by atoms with Crippen molar-refractivity contribution in [3.8, 4) is 0 Å². The maximum Gasteiger partial charge on any atom is 0.241 e. The van der Waals surface area contributed by atoms with Crippen molar-refractivity contribution in [2.75, 3.05) is 18.6 Å². The van der Waals surface area contributed by atoms with E-state index in [9.17, 15) is 9.00 Å². The Hall–Kier alpha value is -0.420. The molecule has 1 saturated carbocycles. The Morgan fingerprint density at radius 2 is 2.05 bits per heavy atom. The van der Waals surface area contributed by atoms with Crippen LogP contribution in [0.4, 0.5) is 0 Å². The lowest BCUT2D eigenvalue weighted by molar-refractivity contribution is -0.131. The normalized spacial score (nSPS) is 30.0. The summed E-state index contributed by atoms with van der Waals surface area (Å²) in [6.07, 6.45) is 8.85. The molecule has 5 heteroatoms. The van der Waals surface area contributed by atoms with Crippen LogP contribution < -0.4 is 5.32 Å². The number of hydrogen-bond donors (Lipinski definition) is 1. The van der Waals surface area contributed by atoms with Gasteiger partial charge in [-0.2, -0.15) is 0 Å². The minimum absolute atomic E-state index is 0.0206. The molecule has 0 aromatic rings. The van der Waals surface area contributed by atoms with E-state index in [1.54, 1.807) is 6.26 Å². The van der Waals surface area contributed by atoms with Crippen LogP contribution in [-0.4, -0.2) is 45.8 Å². The first-order valence-electron chi connectivity index (χ1n) is 8.41. The van der Waals surface area contributed by atoms with Crippen LogP contribution in [0.3, 0.4) is 0 Å². The molecule has 4 atom stereocenters. The second-order valence-corrected chi connectivity index (χ2v) is 8.24. The highest BCUT2D eigenvalue weighted by Gasteiger charge is 2.44. The van der Waals surface area contributed by atoms with Crippen molar-refractivity contribution in [2.45, 2.75) is 64.6 Å². The third-order valence-electron chi connectivity index (χ3n) is 5.13. The smallest absolute Gasteiger partial charge is 0.241 e. The molecular weight excluding hydrogens is 284 g/mol. The average molecular weight is 314 g/mol. The van der Waals surface area contributed by atoms with Gasteiger partial charge >= 0.3 is 0 Å². The van der Waals surface area contributed by atoms with Gasteiger partial charge in [0.05, 0.1) is 12.2 Å². The summed E-state index contributed by atoms with van der Waals surface area (Å²) in [7, 11) is -0.767. The molecule has 0 spiro atoms. The van der Waals surface area contributed by atoms with E-state index in [2.05, 4.69) is 24.1 Å². The van der Waals surface area contributed by atoms with E-state index in [1.807, 2.05) is 0 Å². The Kier molecular flexibility index (Phi) is 6.23. The fourth-order valence-electron chi connectivity index (χ4n) is 3.66. The summed E-state index contributed by atoms with van der Waals surface area (Å²) >= 11 is 0. The molecule has 21 heavy (non-hydrogen) atoms. The fourth-order valence-corrected chi connectivity index (χ4v) is 4.19. The first kappa shape index (κ1) is 16.9. The zero-order chi connectivity index (χ0) is 15.4. The van der Waals surface area contributed by atoms with Gasteiger partial charge in [-0.25, -0.2) is 0 Å². The lowest BCUT2D eigenvalue weighted by atomic mass is 9.99. The number of amides is 1. The van der Waals surface area contributed by atoms with E-state index in [4.69, 9.17) is 0 Å². The second-order valence-electron chi connectivity index (χ2n) is 6.68. The molecule has 1 heterocycles. The molecule has 122 valence electrons. The summed E-state index contributed by atoms with van der Waals surface area (Å²) in [6, 6.07) is -0.0206. The second kappa shape index (κ2) is 7.73. The van der Waals surface area contributed by atoms with E-state index in [0.717, 1.165) is 19.4 Å². The maximum atomic E-state index is 12.7. The number of nitrogens with zero attached hydrogens (tertiary/aromatic N) is 1. The van der Waals surface area contributed by atoms with Crippen LogP contribution in [0.25, 0.3) is 0 Å². The average Bonchev–Trinajstić information content (AvgIpc) is 3.07. The van der Waals surface area contributed by atoms with Gasteiger partial charge in [0.15, 0.2) is 0 Å². The van der Waals surface area contributed by atoms with Crippen molar-refractivity contribution in [1.29, 1.82) is 0 Å². The Bertz CT molecular complexity index is 382. The van der Waals surface area contributed by atoms with Gasteiger partial charge in [-0.3, -0.25) is 14.3 Å². The van der Waals surface area contributed by atoms with E-state index >= 15 is 0 Å². The Morgan fingerprint density at radius 3 is 2.62 bits per heavy atom. The fraction of sp³-hybridized carbons (Fsp3) is 0.938. The summed E-state index contributed by atoms with van der Waals surface area (Å²) < 4.78 is 11.2. The van der Waals surface area contributed by atoms with Crippen LogP contribution in [0.2, 0.25) is 0 Å². The van der Waals surface area contributed by atoms with Gasteiger partial charge in [0.25, 0.3) is 0 Å². The number of carbonyl (C=O) groups excluding carboxylic acids is 1. The quantitative estimate of drug-likeness (QED) is 0.783. The third kappa shape index (κ3) is 4.07. The van der Waals surface area contributed by atoms with Crippen molar-refractivity contribution in [3.63, 3.8) is 0 Å². The highest BCUT2D eigenvalue weighted by molar-refractivity contribution is 7.84. The van der Waals surface area contributed by atoms with Gasteiger partial charge in [0.1, 0.15) is 0 Å². The zero-order valence-electron chi connectivity index (χ0n) is 13.6. The topological polar surface area (TPSA) is 49.4 Å². The van der Waals surface area contributed by atoms with E-state index < -0.39 is 10.8 Å². The van der Waals surface area contributed by atoms with Crippen molar-refractivity contribution in [3.05, 3.63) is 0 Å². The first-order valence-corrected chi connectivity index (χ1v) is 10.1. The van der Waals surface area contributed by atoms with E-state index in [-0.39, 0.29) is 18.1 Å². The molecular formula is C16H30N2O2S. The van der Waals surface area contributed by atoms with Crippen LogP contribution in [-0.2, 0) is 15.6 Å². The van der Waals surface area contributed by atoms with Crippen LogP contribution in [0.5, 0.6) is 0 Å². The van der Waals surface area contributed by atoms with Gasteiger partial charge in [0, 0.05) is 29.4 Å². The number of rotatable bonds is 7. The molecule has 0 radical (unpaired) electrons. The number of nitrogens with one attached hydrogen (secondary N) is 1. The third-order valence-corrected chi connectivity index (χ3v) is 5.99. The summed E-state index contributed by atoms with van der Waals surface area (Å²) in [5.74, 6) is 1.94. The summed E-state index contributed by atoms with van der Waals surface area (Å²) in [5.41, 5.74) is 0. The predicted molar refractivity (Wildman–Crippen MR) is 87.4 cm³/mol. The molecule has 1 aliphatic heterocycles. The van der Waals surface area contributed by atoms with Gasteiger partial charge in [-0.1, -0.05) is 33.1 Å². The maximum absolute atomic E-state index is 12.7. The molecule has 0 aromatic heterocycles. The van der Waals surface area contributed by atoms with Crippen molar-refractivity contribution in [2.24, 2.45) is 11.8 Å². The summed E-state index contributed by atoms with van der Waals surface area (Å²) in [5, 5.41) is 3.62. The molecule has 0 aromatic carbocycles. The van der Waals surface area contributed by atoms with Gasteiger partial charge in [-0.15, -0.1) is 0 Å². The van der Waals surface area contributed by atoms with Crippen molar-refractivity contribution in [1.82, 2.24) is 10.2 Å². The monoisotopic (exact) mass is 314 g/mol. The molecule has 1 N–H and O–H groups in total. The van der Waals surface area contributed by atoms with Gasteiger partial charge in [-0.05, 0) is 31.1 Å². The standard InChI is InChI=1S/C16H30N2O2S/c1-4-12(2)14-16(19)18(10-7-11-21(3)20)15(17-14)13-8-5-6-9-13/h12-15,17H,4-11H2,1-3H3. The molecule has 1 aliphatic carbocycles. The van der Waals surface area contributed by atoms with E-state index in [0.29, 0.717) is 17.6 Å². The van der Waals surface area contributed by atoms with Crippen LogP contribution in [0, 0.1) is 11.8 Å². The van der Waals surface area contributed by atoms with E-state index in [1.165, 1.54) is 25.7 Å². The SMILES string of the molecule is CCC(C)C1NC(C2CCCC2)N(CCCS(C)=O)C1=O. The van der Waals surface area contributed by atoms with Crippen molar-refractivity contribution >= 4 is 16.7 Å². The molecule has 1 amide bonds. The minimum atomic E-state index is -0.767. The largest absolute Gasteiger partial charge is 0.325 e. The first-order chi connectivity index (χ1) is 10.0. The predicted octanol–water partition coefficient (Wildman–Crippen LogP) is 2.12. The number of hydrogen-bond acceptors (Lipinski definition) is 3.